The summed E-state index contributed by atoms with van der Waals surface area (Å²) in [4.78, 5) is 0. The van der Waals surface area contributed by atoms with Crippen LogP contribution in [-0.2, 0) is 11.3 Å². The van der Waals surface area contributed by atoms with E-state index in [0.29, 0.717) is 19.3 Å². The maximum atomic E-state index is 6.06. The van der Waals surface area contributed by atoms with E-state index in [2.05, 4.69) is 18.8 Å². The smallest absolute Gasteiger partial charge is 0.134 e. The number of ether oxygens (including phenoxy) is 2. The molecule has 0 heterocycles. The Hall–Kier alpha value is -1.50. The van der Waals surface area contributed by atoms with Crippen molar-refractivity contribution in [2.24, 2.45) is 11.7 Å². The molecular weight excluding hydrogens is 262 g/mol. The van der Waals surface area contributed by atoms with Crippen LogP contribution in [-0.4, -0.2) is 19.8 Å². The van der Waals surface area contributed by atoms with Gasteiger partial charge in [0.05, 0.1) is 31.9 Å². The molecular formula is C18H25NO2. The first-order chi connectivity index (χ1) is 10.2. The summed E-state index contributed by atoms with van der Waals surface area (Å²) in [6.07, 6.45) is 5.37. The SMILES string of the molecule is COc1ccc(COC2CCCC(C)C2)cc1C#CCN. The third kappa shape index (κ3) is 4.77. The van der Waals surface area contributed by atoms with Gasteiger partial charge in [0.15, 0.2) is 0 Å². The molecule has 0 radical (unpaired) electrons. The quantitative estimate of drug-likeness (QED) is 0.865. The van der Waals surface area contributed by atoms with Gasteiger partial charge in [0.25, 0.3) is 0 Å². The normalized spacial score (nSPS) is 21.5. The molecule has 114 valence electrons. The van der Waals surface area contributed by atoms with Gasteiger partial charge in [-0.15, -0.1) is 0 Å². The molecule has 1 aliphatic carbocycles. The Bertz CT molecular complexity index is 516. The molecule has 0 amide bonds. The molecule has 2 rings (SSSR count). The van der Waals surface area contributed by atoms with Crippen LogP contribution in [0.15, 0.2) is 18.2 Å². The van der Waals surface area contributed by atoms with Crippen LogP contribution in [0.3, 0.4) is 0 Å². The molecule has 0 saturated heterocycles. The van der Waals surface area contributed by atoms with Crippen molar-refractivity contribution in [1.29, 1.82) is 0 Å². The van der Waals surface area contributed by atoms with E-state index in [1.165, 1.54) is 25.7 Å². The highest BCUT2D eigenvalue weighted by Crippen LogP contribution is 2.27. The Labute approximate surface area is 127 Å². The zero-order chi connectivity index (χ0) is 15.1. The van der Waals surface area contributed by atoms with Gasteiger partial charge in [0.2, 0.25) is 0 Å². The molecule has 1 aromatic rings. The predicted molar refractivity (Wildman–Crippen MR) is 85.1 cm³/mol. The second-order valence-corrected chi connectivity index (χ2v) is 5.75. The number of rotatable bonds is 4. The van der Waals surface area contributed by atoms with Crippen LogP contribution in [0, 0.1) is 17.8 Å². The highest BCUT2D eigenvalue weighted by molar-refractivity contribution is 5.48. The molecule has 0 bridgehead atoms. The third-order valence-electron chi connectivity index (χ3n) is 3.96. The number of hydrogen-bond donors (Lipinski definition) is 1. The summed E-state index contributed by atoms with van der Waals surface area (Å²) >= 11 is 0. The van der Waals surface area contributed by atoms with Crippen LogP contribution < -0.4 is 10.5 Å². The Morgan fingerprint density at radius 3 is 2.90 bits per heavy atom. The van der Waals surface area contributed by atoms with Crippen molar-refractivity contribution in [2.75, 3.05) is 13.7 Å². The summed E-state index contributed by atoms with van der Waals surface area (Å²) in [5.74, 6) is 7.49. The summed E-state index contributed by atoms with van der Waals surface area (Å²) in [5.41, 5.74) is 7.45. The third-order valence-corrected chi connectivity index (χ3v) is 3.96. The summed E-state index contributed by atoms with van der Waals surface area (Å²) < 4.78 is 11.4. The molecule has 3 nitrogen and oxygen atoms in total. The highest BCUT2D eigenvalue weighted by Gasteiger charge is 2.19. The minimum absolute atomic E-state index is 0.351. The van der Waals surface area contributed by atoms with E-state index in [9.17, 15) is 0 Å². The lowest BCUT2D eigenvalue weighted by Crippen LogP contribution is -2.21. The van der Waals surface area contributed by atoms with Crippen molar-refractivity contribution >= 4 is 0 Å². The Balaban J connectivity index is 1.99. The highest BCUT2D eigenvalue weighted by atomic mass is 16.5. The topological polar surface area (TPSA) is 44.5 Å². The van der Waals surface area contributed by atoms with E-state index >= 15 is 0 Å². The van der Waals surface area contributed by atoms with E-state index in [-0.39, 0.29) is 0 Å². The van der Waals surface area contributed by atoms with E-state index in [4.69, 9.17) is 15.2 Å². The molecule has 1 saturated carbocycles. The molecule has 0 aromatic heterocycles. The van der Waals surface area contributed by atoms with Gasteiger partial charge in [-0.05, 0) is 36.5 Å². The van der Waals surface area contributed by atoms with E-state index in [0.717, 1.165) is 22.8 Å². The predicted octanol–water partition coefficient (Wildman–Crippen LogP) is 3.10. The summed E-state index contributed by atoms with van der Waals surface area (Å²) in [6, 6.07) is 6.02. The Morgan fingerprint density at radius 2 is 2.19 bits per heavy atom. The van der Waals surface area contributed by atoms with Crippen LogP contribution in [0.1, 0.15) is 43.7 Å². The fraction of sp³-hybridized carbons (Fsp3) is 0.556. The lowest BCUT2D eigenvalue weighted by Gasteiger charge is -2.26. The zero-order valence-electron chi connectivity index (χ0n) is 13.0. The van der Waals surface area contributed by atoms with Crippen LogP contribution in [0.2, 0.25) is 0 Å². The fourth-order valence-corrected chi connectivity index (χ4v) is 2.83. The first-order valence-corrected chi connectivity index (χ1v) is 7.70. The van der Waals surface area contributed by atoms with Crippen molar-refractivity contribution in [3.8, 4) is 17.6 Å². The van der Waals surface area contributed by atoms with Crippen molar-refractivity contribution in [1.82, 2.24) is 0 Å². The zero-order valence-corrected chi connectivity index (χ0v) is 13.0. The Kier molecular flexibility index (Phi) is 6.10. The standard InChI is InChI=1S/C18H25NO2/c1-14-5-3-7-17(11-14)21-13-15-8-9-18(20-2)16(12-15)6-4-10-19/h8-9,12,14,17H,3,5,7,10-11,13,19H2,1-2H3. The van der Waals surface area contributed by atoms with Crippen molar-refractivity contribution in [2.45, 2.75) is 45.3 Å². The molecule has 2 unspecified atom stereocenters. The molecule has 2 atom stereocenters. The van der Waals surface area contributed by atoms with Gasteiger partial charge in [-0.1, -0.05) is 37.7 Å². The maximum absolute atomic E-state index is 6.06. The number of nitrogens with two attached hydrogens (primary N) is 1. The first-order valence-electron chi connectivity index (χ1n) is 7.70. The Morgan fingerprint density at radius 1 is 1.33 bits per heavy atom. The molecule has 0 aliphatic heterocycles. The first kappa shape index (κ1) is 15.9. The van der Waals surface area contributed by atoms with Crippen molar-refractivity contribution in [3.05, 3.63) is 29.3 Å². The maximum Gasteiger partial charge on any atom is 0.134 e. The second-order valence-electron chi connectivity index (χ2n) is 5.75. The van der Waals surface area contributed by atoms with Gasteiger partial charge in [-0.25, -0.2) is 0 Å². The number of methoxy groups -OCH3 is 1. The van der Waals surface area contributed by atoms with Gasteiger partial charge in [-0.2, -0.15) is 0 Å². The van der Waals surface area contributed by atoms with Crippen LogP contribution >= 0.6 is 0 Å². The summed E-state index contributed by atoms with van der Waals surface area (Å²) in [5, 5.41) is 0. The minimum atomic E-state index is 0.351. The lowest BCUT2D eigenvalue weighted by molar-refractivity contribution is 0.00465. The summed E-state index contributed by atoms with van der Waals surface area (Å²) in [7, 11) is 1.66. The molecule has 1 fully saturated rings. The van der Waals surface area contributed by atoms with E-state index in [1.807, 2.05) is 18.2 Å². The fourth-order valence-electron chi connectivity index (χ4n) is 2.83. The van der Waals surface area contributed by atoms with Crippen LogP contribution in [0.5, 0.6) is 5.75 Å². The monoisotopic (exact) mass is 287 g/mol. The van der Waals surface area contributed by atoms with Gasteiger partial charge in [-0.3, -0.25) is 0 Å². The molecule has 0 spiro atoms. The summed E-state index contributed by atoms with van der Waals surface area (Å²) in [6.45, 7) is 3.30. The largest absolute Gasteiger partial charge is 0.495 e. The molecule has 3 heteroatoms. The van der Waals surface area contributed by atoms with Crippen molar-refractivity contribution in [3.63, 3.8) is 0 Å². The van der Waals surface area contributed by atoms with E-state index in [1.54, 1.807) is 7.11 Å². The number of benzene rings is 1. The molecule has 21 heavy (non-hydrogen) atoms. The van der Waals surface area contributed by atoms with Gasteiger partial charge in [0, 0.05) is 0 Å². The molecule has 2 N–H and O–H groups in total. The average Bonchev–Trinajstić information content (AvgIpc) is 2.51. The van der Waals surface area contributed by atoms with Gasteiger partial charge >= 0.3 is 0 Å². The van der Waals surface area contributed by atoms with Gasteiger partial charge in [0.1, 0.15) is 5.75 Å². The van der Waals surface area contributed by atoms with Crippen LogP contribution in [0.25, 0.3) is 0 Å². The number of hydrogen-bond acceptors (Lipinski definition) is 3. The lowest BCUT2D eigenvalue weighted by atomic mass is 9.89. The van der Waals surface area contributed by atoms with Gasteiger partial charge < -0.3 is 15.2 Å². The van der Waals surface area contributed by atoms with Crippen molar-refractivity contribution < 1.29 is 9.47 Å². The van der Waals surface area contributed by atoms with E-state index < -0.39 is 0 Å². The molecule has 1 aliphatic rings. The molecule has 1 aromatic carbocycles. The minimum Gasteiger partial charge on any atom is -0.495 e. The van der Waals surface area contributed by atoms with Crippen LogP contribution in [0.4, 0.5) is 0 Å². The second kappa shape index (κ2) is 8.07. The average molecular weight is 287 g/mol.